The lowest BCUT2D eigenvalue weighted by atomic mass is 9.84. The SMILES string of the molecule is CC(N)C1CCCCN1S(=O)(=O)CCC1CCC1. The van der Waals surface area contributed by atoms with Crippen LogP contribution >= 0.6 is 0 Å². The van der Waals surface area contributed by atoms with Gasteiger partial charge in [-0.3, -0.25) is 0 Å². The first kappa shape index (κ1) is 14.3. The second-order valence-electron chi connectivity index (χ2n) is 5.93. The Hall–Kier alpha value is -0.130. The lowest BCUT2D eigenvalue weighted by Crippen LogP contribution is -2.52. The van der Waals surface area contributed by atoms with E-state index in [-0.39, 0.29) is 12.1 Å². The van der Waals surface area contributed by atoms with Crippen LogP contribution in [0.25, 0.3) is 0 Å². The number of nitrogens with two attached hydrogens (primary N) is 1. The Morgan fingerprint density at radius 2 is 1.94 bits per heavy atom. The third-order valence-corrected chi connectivity index (χ3v) is 6.39. The summed E-state index contributed by atoms with van der Waals surface area (Å²) in [5.41, 5.74) is 5.94. The van der Waals surface area contributed by atoms with E-state index < -0.39 is 10.0 Å². The van der Waals surface area contributed by atoms with Gasteiger partial charge >= 0.3 is 0 Å². The summed E-state index contributed by atoms with van der Waals surface area (Å²) in [5, 5.41) is 0. The first-order valence-corrected chi connectivity index (χ1v) is 8.87. The monoisotopic (exact) mass is 274 g/mol. The smallest absolute Gasteiger partial charge is 0.214 e. The number of piperidine rings is 1. The van der Waals surface area contributed by atoms with Gasteiger partial charge in [-0.1, -0.05) is 25.7 Å². The summed E-state index contributed by atoms with van der Waals surface area (Å²) in [7, 11) is -3.10. The molecule has 1 aliphatic carbocycles. The van der Waals surface area contributed by atoms with Crippen LogP contribution in [0.1, 0.15) is 51.9 Å². The van der Waals surface area contributed by atoms with E-state index in [2.05, 4.69) is 0 Å². The van der Waals surface area contributed by atoms with Crippen LogP contribution in [0.15, 0.2) is 0 Å². The van der Waals surface area contributed by atoms with Gasteiger partial charge in [0.2, 0.25) is 10.0 Å². The molecule has 2 N–H and O–H groups in total. The van der Waals surface area contributed by atoms with Gasteiger partial charge in [-0.05, 0) is 32.1 Å². The Morgan fingerprint density at radius 3 is 2.50 bits per heavy atom. The number of nitrogens with zero attached hydrogens (tertiary/aromatic N) is 1. The highest BCUT2D eigenvalue weighted by Crippen LogP contribution is 2.31. The highest BCUT2D eigenvalue weighted by molar-refractivity contribution is 7.89. The van der Waals surface area contributed by atoms with Crippen molar-refractivity contribution in [1.82, 2.24) is 4.31 Å². The summed E-state index contributed by atoms with van der Waals surface area (Å²) in [4.78, 5) is 0. The largest absolute Gasteiger partial charge is 0.326 e. The van der Waals surface area contributed by atoms with Gasteiger partial charge in [0, 0.05) is 18.6 Å². The zero-order valence-electron chi connectivity index (χ0n) is 11.3. The molecule has 2 aliphatic rings. The summed E-state index contributed by atoms with van der Waals surface area (Å²) < 4.78 is 26.5. The number of hydrogen-bond donors (Lipinski definition) is 1. The zero-order valence-corrected chi connectivity index (χ0v) is 12.2. The van der Waals surface area contributed by atoms with Crippen molar-refractivity contribution in [3.05, 3.63) is 0 Å². The molecule has 0 amide bonds. The molecular formula is C13H26N2O2S. The van der Waals surface area contributed by atoms with Crippen molar-refractivity contribution in [2.45, 2.75) is 64.0 Å². The van der Waals surface area contributed by atoms with Gasteiger partial charge in [0.05, 0.1) is 5.75 Å². The summed E-state index contributed by atoms with van der Waals surface area (Å²) in [5.74, 6) is 0.972. The molecule has 5 heteroatoms. The molecule has 1 saturated carbocycles. The summed E-state index contributed by atoms with van der Waals surface area (Å²) >= 11 is 0. The van der Waals surface area contributed by atoms with Gasteiger partial charge in [0.25, 0.3) is 0 Å². The fourth-order valence-corrected chi connectivity index (χ4v) is 5.00. The molecule has 1 saturated heterocycles. The predicted octanol–water partition coefficient (Wildman–Crippen LogP) is 1.71. The Labute approximate surface area is 111 Å². The highest BCUT2D eigenvalue weighted by atomic mass is 32.2. The lowest BCUT2D eigenvalue weighted by Gasteiger charge is -2.37. The maximum atomic E-state index is 12.4. The Morgan fingerprint density at radius 1 is 1.22 bits per heavy atom. The molecule has 2 rings (SSSR count). The van der Waals surface area contributed by atoms with Gasteiger partial charge in [0.1, 0.15) is 0 Å². The minimum atomic E-state index is -3.10. The summed E-state index contributed by atoms with van der Waals surface area (Å²) in [6.07, 6.45) is 7.53. The van der Waals surface area contributed by atoms with Crippen LogP contribution in [0.5, 0.6) is 0 Å². The van der Waals surface area contributed by atoms with E-state index in [0.717, 1.165) is 25.7 Å². The Bertz CT molecular complexity index is 363. The minimum absolute atomic E-state index is 0.0186. The molecule has 2 fully saturated rings. The van der Waals surface area contributed by atoms with Crippen LogP contribution in [0.4, 0.5) is 0 Å². The second kappa shape index (κ2) is 5.88. The quantitative estimate of drug-likeness (QED) is 0.830. The third kappa shape index (κ3) is 3.25. The molecule has 2 atom stereocenters. The Kier molecular flexibility index (Phi) is 4.67. The molecule has 0 aromatic carbocycles. The summed E-state index contributed by atoms with van der Waals surface area (Å²) in [6.45, 7) is 2.59. The maximum Gasteiger partial charge on any atom is 0.214 e. The van der Waals surface area contributed by atoms with Crippen molar-refractivity contribution in [2.24, 2.45) is 11.7 Å². The second-order valence-corrected chi connectivity index (χ2v) is 7.98. The molecule has 0 bridgehead atoms. The van der Waals surface area contributed by atoms with Crippen LogP contribution in [-0.4, -0.2) is 37.1 Å². The minimum Gasteiger partial charge on any atom is -0.326 e. The van der Waals surface area contributed by atoms with E-state index in [1.807, 2.05) is 6.92 Å². The molecule has 4 nitrogen and oxygen atoms in total. The number of sulfonamides is 1. The average molecular weight is 274 g/mol. The number of hydrogen-bond acceptors (Lipinski definition) is 3. The van der Waals surface area contributed by atoms with Gasteiger partial charge in [0.15, 0.2) is 0 Å². The van der Waals surface area contributed by atoms with Crippen LogP contribution < -0.4 is 5.73 Å². The molecule has 1 aliphatic heterocycles. The highest BCUT2D eigenvalue weighted by Gasteiger charge is 2.34. The zero-order chi connectivity index (χ0) is 13.2. The van der Waals surface area contributed by atoms with Crippen molar-refractivity contribution in [1.29, 1.82) is 0 Å². The third-order valence-electron chi connectivity index (χ3n) is 4.47. The van der Waals surface area contributed by atoms with E-state index in [4.69, 9.17) is 5.73 Å². The molecule has 0 radical (unpaired) electrons. The van der Waals surface area contributed by atoms with E-state index in [9.17, 15) is 8.42 Å². The van der Waals surface area contributed by atoms with Gasteiger partial charge < -0.3 is 5.73 Å². The van der Waals surface area contributed by atoms with E-state index in [1.54, 1.807) is 4.31 Å². The normalized spacial score (nSPS) is 28.9. The maximum absolute atomic E-state index is 12.4. The number of rotatable bonds is 5. The van der Waals surface area contributed by atoms with Crippen LogP contribution in [0.2, 0.25) is 0 Å². The fraction of sp³-hybridized carbons (Fsp3) is 1.00. The predicted molar refractivity (Wildman–Crippen MR) is 73.7 cm³/mol. The van der Waals surface area contributed by atoms with Gasteiger partial charge in [-0.2, -0.15) is 4.31 Å². The summed E-state index contributed by atoms with van der Waals surface area (Å²) in [6, 6.07) is -0.0473. The molecule has 0 spiro atoms. The molecular weight excluding hydrogens is 248 g/mol. The molecule has 2 unspecified atom stereocenters. The van der Waals surface area contributed by atoms with Crippen molar-refractivity contribution in [3.8, 4) is 0 Å². The van der Waals surface area contributed by atoms with Crippen LogP contribution in [0, 0.1) is 5.92 Å². The molecule has 1 heterocycles. The van der Waals surface area contributed by atoms with Crippen molar-refractivity contribution < 1.29 is 8.42 Å². The lowest BCUT2D eigenvalue weighted by molar-refractivity contribution is 0.225. The Balaban J connectivity index is 1.96. The van der Waals surface area contributed by atoms with Crippen molar-refractivity contribution >= 4 is 10.0 Å². The fourth-order valence-electron chi connectivity index (χ4n) is 3.02. The molecule has 106 valence electrons. The van der Waals surface area contributed by atoms with E-state index in [1.165, 1.54) is 19.3 Å². The topological polar surface area (TPSA) is 63.4 Å². The van der Waals surface area contributed by atoms with Crippen molar-refractivity contribution in [2.75, 3.05) is 12.3 Å². The first-order valence-electron chi connectivity index (χ1n) is 7.26. The van der Waals surface area contributed by atoms with Gasteiger partial charge in [-0.15, -0.1) is 0 Å². The standard InChI is InChI=1S/C13H26N2O2S/c1-11(14)13-7-2-3-9-15(13)18(16,17)10-8-12-5-4-6-12/h11-13H,2-10,14H2,1H3. The van der Waals surface area contributed by atoms with Crippen molar-refractivity contribution in [3.63, 3.8) is 0 Å². The molecule has 18 heavy (non-hydrogen) atoms. The van der Waals surface area contributed by atoms with Crippen LogP contribution in [-0.2, 0) is 10.0 Å². The van der Waals surface area contributed by atoms with Crippen LogP contribution in [0.3, 0.4) is 0 Å². The molecule has 0 aromatic heterocycles. The van der Waals surface area contributed by atoms with E-state index in [0.29, 0.717) is 18.2 Å². The molecule has 0 aromatic rings. The van der Waals surface area contributed by atoms with E-state index >= 15 is 0 Å². The van der Waals surface area contributed by atoms with Gasteiger partial charge in [-0.25, -0.2) is 8.42 Å². The average Bonchev–Trinajstić information content (AvgIpc) is 2.26. The first-order chi connectivity index (χ1) is 8.50.